The van der Waals surface area contributed by atoms with E-state index in [-0.39, 0.29) is 23.4 Å². The lowest BCUT2D eigenvalue weighted by Crippen LogP contribution is -2.14. The van der Waals surface area contributed by atoms with Gasteiger partial charge < -0.3 is 9.47 Å². The van der Waals surface area contributed by atoms with Crippen molar-refractivity contribution in [1.82, 2.24) is 0 Å². The smallest absolute Gasteiger partial charge is 0.411 e. The van der Waals surface area contributed by atoms with E-state index in [1.807, 2.05) is 19.1 Å². The molecule has 2 aromatic carbocycles. The molecule has 2 aromatic rings. The van der Waals surface area contributed by atoms with Crippen molar-refractivity contribution < 1.29 is 23.0 Å². The molecule has 4 nitrogen and oxygen atoms in total. The zero-order chi connectivity index (χ0) is 19.3. The average Bonchev–Trinajstić information content (AvgIpc) is 2.62. The Balaban J connectivity index is 2.33. The fraction of sp³-hybridized carbons (Fsp3) is 0.316. The van der Waals surface area contributed by atoms with Crippen LogP contribution in [0.2, 0.25) is 0 Å². The van der Waals surface area contributed by atoms with E-state index in [9.17, 15) is 13.6 Å². The highest BCUT2D eigenvalue weighted by Gasteiger charge is 2.19. The Morgan fingerprint density at radius 2 is 2.04 bits per heavy atom. The molecule has 140 valence electrons. The summed E-state index contributed by atoms with van der Waals surface area (Å²) in [6.07, 6.45) is -2.55. The SMILES string of the molecule is CCc1cc(Br)c(OCc2c(NC(=O)OC)cccc2C(F)F)cc1C. The summed E-state index contributed by atoms with van der Waals surface area (Å²) in [5.74, 6) is 0.549. The largest absolute Gasteiger partial charge is 0.488 e. The van der Waals surface area contributed by atoms with Crippen LogP contribution in [-0.2, 0) is 17.8 Å². The van der Waals surface area contributed by atoms with E-state index in [1.54, 1.807) is 0 Å². The number of hydrogen-bond donors (Lipinski definition) is 1. The number of benzene rings is 2. The second-order valence-corrected chi connectivity index (χ2v) is 6.50. The van der Waals surface area contributed by atoms with Crippen LogP contribution in [0, 0.1) is 6.92 Å². The Bertz CT molecular complexity index is 797. The van der Waals surface area contributed by atoms with Crippen molar-refractivity contribution in [2.75, 3.05) is 12.4 Å². The van der Waals surface area contributed by atoms with Crippen molar-refractivity contribution in [3.63, 3.8) is 0 Å². The zero-order valence-electron chi connectivity index (χ0n) is 14.7. The van der Waals surface area contributed by atoms with Gasteiger partial charge in [0.2, 0.25) is 0 Å². The van der Waals surface area contributed by atoms with Gasteiger partial charge in [-0.05, 0) is 58.6 Å². The minimum absolute atomic E-state index is 0.122. The topological polar surface area (TPSA) is 47.6 Å². The van der Waals surface area contributed by atoms with Gasteiger partial charge in [-0.25, -0.2) is 13.6 Å². The molecule has 2 rings (SSSR count). The lowest BCUT2D eigenvalue weighted by Gasteiger charge is -2.17. The van der Waals surface area contributed by atoms with Gasteiger partial charge in [-0.3, -0.25) is 5.32 Å². The van der Waals surface area contributed by atoms with Gasteiger partial charge in [0.15, 0.2) is 0 Å². The molecule has 0 atom stereocenters. The Morgan fingerprint density at radius 1 is 1.31 bits per heavy atom. The number of carbonyl (C=O) groups excluding carboxylic acids is 1. The number of rotatable bonds is 6. The predicted octanol–water partition coefficient (Wildman–Crippen LogP) is 6.01. The molecule has 0 aromatic heterocycles. The monoisotopic (exact) mass is 427 g/mol. The van der Waals surface area contributed by atoms with E-state index in [4.69, 9.17) is 4.74 Å². The summed E-state index contributed by atoms with van der Waals surface area (Å²) in [5.41, 5.74) is 2.47. The van der Waals surface area contributed by atoms with Crippen LogP contribution in [0.5, 0.6) is 5.75 Å². The Kier molecular flexibility index (Phi) is 6.97. The number of halogens is 3. The molecule has 0 fully saturated rings. The quantitative estimate of drug-likeness (QED) is 0.613. The maximum atomic E-state index is 13.4. The summed E-state index contributed by atoms with van der Waals surface area (Å²) in [5, 5.41) is 2.45. The maximum absolute atomic E-state index is 13.4. The van der Waals surface area contributed by atoms with E-state index in [1.165, 1.54) is 30.9 Å². The second kappa shape index (κ2) is 8.98. The molecule has 7 heteroatoms. The first-order valence-electron chi connectivity index (χ1n) is 8.04. The maximum Gasteiger partial charge on any atom is 0.411 e. The van der Waals surface area contributed by atoms with Gasteiger partial charge in [0.05, 0.1) is 17.3 Å². The normalized spacial score (nSPS) is 10.7. The van der Waals surface area contributed by atoms with Crippen LogP contribution in [-0.4, -0.2) is 13.2 Å². The number of carbonyl (C=O) groups is 1. The molecule has 0 bridgehead atoms. The second-order valence-electron chi connectivity index (χ2n) is 5.64. The van der Waals surface area contributed by atoms with Gasteiger partial charge in [-0.1, -0.05) is 19.1 Å². The fourth-order valence-electron chi connectivity index (χ4n) is 2.59. The van der Waals surface area contributed by atoms with Crippen molar-refractivity contribution >= 4 is 27.7 Å². The zero-order valence-corrected chi connectivity index (χ0v) is 16.3. The number of aryl methyl sites for hydroxylation is 2. The summed E-state index contributed by atoms with van der Waals surface area (Å²) < 4.78 is 37.8. The van der Waals surface area contributed by atoms with E-state index < -0.39 is 12.5 Å². The van der Waals surface area contributed by atoms with Gasteiger partial charge in [0.1, 0.15) is 12.4 Å². The van der Waals surface area contributed by atoms with Crippen LogP contribution in [0.1, 0.15) is 35.6 Å². The summed E-state index contributed by atoms with van der Waals surface area (Å²) in [7, 11) is 1.21. The first kappa shape index (κ1) is 20.2. The van der Waals surface area contributed by atoms with Crippen molar-refractivity contribution in [2.45, 2.75) is 33.3 Å². The van der Waals surface area contributed by atoms with Crippen LogP contribution >= 0.6 is 15.9 Å². The molecule has 0 radical (unpaired) electrons. The van der Waals surface area contributed by atoms with Crippen LogP contribution in [0.4, 0.5) is 19.3 Å². The summed E-state index contributed by atoms with van der Waals surface area (Å²) in [6, 6.07) is 8.11. The van der Waals surface area contributed by atoms with Gasteiger partial charge in [0, 0.05) is 11.1 Å². The van der Waals surface area contributed by atoms with Crippen LogP contribution in [0.15, 0.2) is 34.8 Å². The molecular weight excluding hydrogens is 408 g/mol. The molecule has 0 heterocycles. The first-order chi connectivity index (χ1) is 12.4. The Morgan fingerprint density at radius 3 is 2.65 bits per heavy atom. The Labute approximate surface area is 159 Å². The standard InChI is InChI=1S/C19H20BrF2NO3/c1-4-12-9-15(20)17(8-11(12)2)26-10-14-13(18(21)22)6-5-7-16(14)23-19(24)25-3/h5-9,18H,4,10H2,1-3H3,(H,23,24). The number of methoxy groups -OCH3 is 1. The molecule has 0 aliphatic rings. The number of ether oxygens (including phenoxy) is 2. The first-order valence-corrected chi connectivity index (χ1v) is 8.83. The summed E-state index contributed by atoms with van der Waals surface area (Å²) in [6.45, 7) is 3.90. The van der Waals surface area contributed by atoms with E-state index in [0.717, 1.165) is 16.5 Å². The van der Waals surface area contributed by atoms with E-state index >= 15 is 0 Å². The lowest BCUT2D eigenvalue weighted by atomic mass is 10.1. The molecule has 0 aliphatic carbocycles. The molecule has 1 N–H and O–H groups in total. The van der Waals surface area contributed by atoms with Crippen LogP contribution < -0.4 is 10.1 Å². The number of alkyl halides is 2. The fourth-order valence-corrected chi connectivity index (χ4v) is 3.09. The van der Waals surface area contributed by atoms with Crippen molar-refractivity contribution in [3.05, 3.63) is 57.1 Å². The number of hydrogen-bond acceptors (Lipinski definition) is 3. The molecule has 26 heavy (non-hydrogen) atoms. The third-order valence-electron chi connectivity index (χ3n) is 4.01. The third kappa shape index (κ3) is 4.72. The molecule has 0 aliphatic heterocycles. The van der Waals surface area contributed by atoms with Crippen LogP contribution in [0.25, 0.3) is 0 Å². The van der Waals surface area contributed by atoms with Crippen molar-refractivity contribution in [3.8, 4) is 5.75 Å². The van der Waals surface area contributed by atoms with E-state index in [0.29, 0.717) is 5.75 Å². The molecule has 1 amide bonds. The molecule has 0 spiro atoms. The minimum atomic E-state index is -2.69. The average molecular weight is 428 g/mol. The van der Waals surface area contributed by atoms with Crippen molar-refractivity contribution in [2.24, 2.45) is 0 Å². The number of amides is 1. The molecule has 0 saturated carbocycles. The summed E-state index contributed by atoms with van der Waals surface area (Å²) >= 11 is 3.45. The summed E-state index contributed by atoms with van der Waals surface area (Å²) in [4.78, 5) is 11.5. The number of anilines is 1. The van der Waals surface area contributed by atoms with Crippen molar-refractivity contribution in [1.29, 1.82) is 0 Å². The highest BCUT2D eigenvalue weighted by atomic mass is 79.9. The highest BCUT2D eigenvalue weighted by molar-refractivity contribution is 9.10. The van der Waals surface area contributed by atoms with Gasteiger partial charge in [-0.2, -0.15) is 0 Å². The Hall–Kier alpha value is -2.15. The van der Waals surface area contributed by atoms with Gasteiger partial charge in [0.25, 0.3) is 6.43 Å². The predicted molar refractivity (Wildman–Crippen MR) is 100 cm³/mol. The third-order valence-corrected chi connectivity index (χ3v) is 4.63. The molecule has 0 saturated heterocycles. The minimum Gasteiger partial charge on any atom is -0.488 e. The highest BCUT2D eigenvalue weighted by Crippen LogP contribution is 2.33. The lowest BCUT2D eigenvalue weighted by molar-refractivity contribution is 0.148. The number of nitrogens with one attached hydrogen (secondary N) is 1. The van der Waals surface area contributed by atoms with Gasteiger partial charge >= 0.3 is 6.09 Å². The molecule has 0 unspecified atom stereocenters. The molecular formula is C19H20BrF2NO3. The van der Waals surface area contributed by atoms with Gasteiger partial charge in [-0.15, -0.1) is 0 Å². The van der Waals surface area contributed by atoms with E-state index in [2.05, 4.69) is 32.9 Å². The van der Waals surface area contributed by atoms with Crippen LogP contribution in [0.3, 0.4) is 0 Å².